The number of benzene rings is 1. The maximum absolute atomic E-state index is 13.7. The number of hydrogen-bond donors (Lipinski definition) is 2. The van der Waals surface area contributed by atoms with Gasteiger partial charge in [-0.15, -0.1) is 0 Å². The fraction of sp³-hybridized carbons (Fsp3) is 0.250. The van der Waals surface area contributed by atoms with E-state index in [4.69, 9.17) is 16.3 Å². The normalized spacial score (nSPS) is 10.2. The first-order valence-electron chi connectivity index (χ1n) is 5.88. The SMILES string of the molecule is CCNc1nc(Cl)nc(Nc2cc(OC)ccc2F)n1. The zero-order chi connectivity index (χ0) is 14.5. The Kier molecular flexibility index (Phi) is 4.52. The lowest BCUT2D eigenvalue weighted by Crippen LogP contribution is -2.07. The van der Waals surface area contributed by atoms with Gasteiger partial charge >= 0.3 is 0 Å². The largest absolute Gasteiger partial charge is 0.497 e. The van der Waals surface area contributed by atoms with Crippen LogP contribution in [-0.2, 0) is 0 Å². The summed E-state index contributed by atoms with van der Waals surface area (Å²) >= 11 is 5.79. The topological polar surface area (TPSA) is 72.0 Å². The number of halogens is 2. The van der Waals surface area contributed by atoms with Crippen molar-refractivity contribution in [3.05, 3.63) is 29.3 Å². The van der Waals surface area contributed by atoms with Crippen molar-refractivity contribution in [3.63, 3.8) is 0 Å². The van der Waals surface area contributed by atoms with Gasteiger partial charge in [-0.25, -0.2) is 4.39 Å². The minimum absolute atomic E-state index is 0.0155. The maximum atomic E-state index is 13.7. The molecule has 0 radical (unpaired) electrons. The molecule has 0 fully saturated rings. The van der Waals surface area contributed by atoms with E-state index in [1.807, 2.05) is 6.92 Å². The van der Waals surface area contributed by atoms with Gasteiger partial charge in [-0.2, -0.15) is 15.0 Å². The summed E-state index contributed by atoms with van der Waals surface area (Å²) in [5.74, 6) is 0.528. The Labute approximate surface area is 120 Å². The zero-order valence-electron chi connectivity index (χ0n) is 10.9. The molecule has 0 saturated carbocycles. The van der Waals surface area contributed by atoms with Crippen LogP contribution in [0.4, 0.5) is 22.0 Å². The molecule has 106 valence electrons. The fourth-order valence-electron chi connectivity index (χ4n) is 1.49. The molecule has 1 heterocycles. The smallest absolute Gasteiger partial charge is 0.233 e. The minimum atomic E-state index is -0.452. The van der Waals surface area contributed by atoms with Crippen LogP contribution in [0.5, 0.6) is 5.75 Å². The van der Waals surface area contributed by atoms with E-state index in [0.29, 0.717) is 18.2 Å². The summed E-state index contributed by atoms with van der Waals surface area (Å²) in [7, 11) is 1.50. The molecular formula is C12H13ClFN5O. The lowest BCUT2D eigenvalue weighted by molar-refractivity contribution is 0.414. The molecule has 0 aliphatic carbocycles. The fourth-order valence-corrected chi connectivity index (χ4v) is 1.65. The standard InChI is InChI=1S/C12H13ClFN5O/c1-3-15-11-17-10(13)18-12(19-11)16-9-6-7(20-2)4-5-8(9)14/h4-6H,3H2,1-2H3,(H2,15,16,17,18,19). The Morgan fingerprint density at radius 2 is 2.00 bits per heavy atom. The first-order valence-corrected chi connectivity index (χ1v) is 6.26. The molecule has 2 aromatic rings. The molecule has 0 saturated heterocycles. The van der Waals surface area contributed by atoms with E-state index in [0.717, 1.165) is 0 Å². The van der Waals surface area contributed by atoms with Crippen LogP contribution in [0.3, 0.4) is 0 Å². The predicted octanol–water partition coefficient (Wildman–Crippen LogP) is 2.85. The second kappa shape index (κ2) is 6.33. The van der Waals surface area contributed by atoms with E-state index in [1.165, 1.54) is 25.3 Å². The van der Waals surface area contributed by atoms with Crippen LogP contribution in [0, 0.1) is 5.82 Å². The molecule has 0 unspecified atom stereocenters. The maximum Gasteiger partial charge on any atom is 0.233 e. The van der Waals surface area contributed by atoms with Gasteiger partial charge in [0.15, 0.2) is 0 Å². The van der Waals surface area contributed by atoms with Crippen LogP contribution in [0.25, 0.3) is 0 Å². The average molecular weight is 298 g/mol. The molecular weight excluding hydrogens is 285 g/mol. The summed E-state index contributed by atoms with van der Waals surface area (Å²) in [5, 5.41) is 5.67. The third kappa shape index (κ3) is 3.45. The highest BCUT2D eigenvalue weighted by Gasteiger charge is 2.09. The van der Waals surface area contributed by atoms with Crippen molar-refractivity contribution in [1.82, 2.24) is 15.0 Å². The Morgan fingerprint density at radius 1 is 1.25 bits per heavy atom. The van der Waals surface area contributed by atoms with Crippen molar-refractivity contribution in [2.45, 2.75) is 6.92 Å². The molecule has 1 aromatic heterocycles. The molecule has 0 atom stereocenters. The molecule has 1 aromatic carbocycles. The Morgan fingerprint density at radius 3 is 2.70 bits per heavy atom. The van der Waals surface area contributed by atoms with Gasteiger partial charge in [0.1, 0.15) is 11.6 Å². The van der Waals surface area contributed by atoms with Crippen LogP contribution in [0.1, 0.15) is 6.92 Å². The van der Waals surface area contributed by atoms with Crippen molar-refractivity contribution >= 4 is 29.2 Å². The molecule has 8 heteroatoms. The molecule has 2 rings (SSSR count). The number of nitrogens with one attached hydrogen (secondary N) is 2. The number of rotatable bonds is 5. The number of methoxy groups -OCH3 is 1. The highest BCUT2D eigenvalue weighted by molar-refractivity contribution is 6.28. The highest BCUT2D eigenvalue weighted by Crippen LogP contribution is 2.24. The van der Waals surface area contributed by atoms with E-state index in [-0.39, 0.29) is 16.9 Å². The van der Waals surface area contributed by atoms with E-state index in [2.05, 4.69) is 25.6 Å². The molecule has 0 spiro atoms. The van der Waals surface area contributed by atoms with E-state index < -0.39 is 5.82 Å². The third-order valence-corrected chi connectivity index (χ3v) is 2.53. The Bertz CT molecular complexity index is 610. The monoisotopic (exact) mass is 297 g/mol. The third-order valence-electron chi connectivity index (χ3n) is 2.36. The summed E-state index contributed by atoms with van der Waals surface area (Å²) in [5.41, 5.74) is 0.189. The molecule has 0 amide bonds. The number of hydrogen-bond acceptors (Lipinski definition) is 6. The van der Waals surface area contributed by atoms with E-state index in [1.54, 1.807) is 0 Å². The lowest BCUT2D eigenvalue weighted by Gasteiger charge is -2.09. The number of nitrogens with zero attached hydrogens (tertiary/aromatic N) is 3. The van der Waals surface area contributed by atoms with Crippen molar-refractivity contribution in [3.8, 4) is 5.75 Å². The van der Waals surface area contributed by atoms with Crippen LogP contribution in [0.15, 0.2) is 18.2 Å². The van der Waals surface area contributed by atoms with Crippen molar-refractivity contribution < 1.29 is 9.13 Å². The Balaban J connectivity index is 2.29. The highest BCUT2D eigenvalue weighted by atomic mass is 35.5. The summed E-state index contributed by atoms with van der Waals surface area (Å²) in [6.45, 7) is 2.53. The summed E-state index contributed by atoms with van der Waals surface area (Å²) < 4.78 is 18.7. The quantitative estimate of drug-likeness (QED) is 0.884. The van der Waals surface area contributed by atoms with Crippen LogP contribution >= 0.6 is 11.6 Å². The molecule has 0 aliphatic heterocycles. The molecule has 0 bridgehead atoms. The van der Waals surface area contributed by atoms with Crippen molar-refractivity contribution in [2.24, 2.45) is 0 Å². The summed E-state index contributed by atoms with van der Waals surface area (Å²) in [6.07, 6.45) is 0. The molecule has 2 N–H and O–H groups in total. The van der Waals surface area contributed by atoms with Gasteiger partial charge < -0.3 is 15.4 Å². The first kappa shape index (κ1) is 14.3. The van der Waals surface area contributed by atoms with E-state index >= 15 is 0 Å². The number of anilines is 3. The average Bonchev–Trinajstić information content (AvgIpc) is 2.41. The number of ether oxygens (including phenoxy) is 1. The second-order valence-electron chi connectivity index (χ2n) is 3.75. The predicted molar refractivity (Wildman–Crippen MR) is 75.2 cm³/mol. The van der Waals surface area contributed by atoms with Gasteiger partial charge in [-0.3, -0.25) is 0 Å². The Hall–Kier alpha value is -2.15. The van der Waals surface area contributed by atoms with Gasteiger partial charge in [-0.05, 0) is 30.7 Å². The summed E-state index contributed by atoms with van der Waals surface area (Å²) in [4.78, 5) is 11.9. The lowest BCUT2D eigenvalue weighted by atomic mass is 10.3. The van der Waals surface area contributed by atoms with Gasteiger partial charge in [0, 0.05) is 12.6 Å². The number of aromatic nitrogens is 3. The van der Waals surface area contributed by atoms with Crippen LogP contribution in [0.2, 0.25) is 5.28 Å². The minimum Gasteiger partial charge on any atom is -0.497 e. The van der Waals surface area contributed by atoms with Gasteiger partial charge in [0.05, 0.1) is 12.8 Å². The van der Waals surface area contributed by atoms with Gasteiger partial charge in [-0.1, -0.05) is 0 Å². The zero-order valence-corrected chi connectivity index (χ0v) is 11.7. The van der Waals surface area contributed by atoms with Gasteiger partial charge in [0.2, 0.25) is 17.2 Å². The van der Waals surface area contributed by atoms with Crippen LogP contribution in [-0.4, -0.2) is 28.6 Å². The summed E-state index contributed by atoms with van der Waals surface area (Å²) in [6, 6.07) is 4.31. The molecule has 0 aliphatic rings. The van der Waals surface area contributed by atoms with Crippen molar-refractivity contribution in [2.75, 3.05) is 24.3 Å². The first-order chi connectivity index (χ1) is 9.62. The van der Waals surface area contributed by atoms with E-state index in [9.17, 15) is 4.39 Å². The molecule has 20 heavy (non-hydrogen) atoms. The molecule has 6 nitrogen and oxygen atoms in total. The van der Waals surface area contributed by atoms with Crippen LogP contribution < -0.4 is 15.4 Å². The second-order valence-corrected chi connectivity index (χ2v) is 4.09. The van der Waals surface area contributed by atoms with Crippen molar-refractivity contribution in [1.29, 1.82) is 0 Å². The van der Waals surface area contributed by atoms with Gasteiger partial charge in [0.25, 0.3) is 0 Å².